The van der Waals surface area contributed by atoms with E-state index in [-0.39, 0.29) is 0 Å². The normalized spacial score (nSPS) is 16.9. The first-order valence-corrected chi connectivity index (χ1v) is 6.70. The average molecular weight is 248 g/mol. The van der Waals surface area contributed by atoms with E-state index in [1.54, 1.807) is 7.11 Å². The lowest BCUT2D eigenvalue weighted by molar-refractivity contribution is 0.338. The van der Waals surface area contributed by atoms with Crippen LogP contribution in [0.1, 0.15) is 32.3 Å². The molecule has 0 bridgehead atoms. The fraction of sp³-hybridized carbons (Fsp3) is 0.600. The topological polar surface area (TPSA) is 47.3 Å². The Balaban J connectivity index is 1.87. The maximum Gasteiger partial charge on any atom is 0.120 e. The first kappa shape index (κ1) is 13.2. The number of nitrogens with two attached hydrogens (primary N) is 1. The highest BCUT2D eigenvalue weighted by Gasteiger charge is 2.44. The first-order chi connectivity index (χ1) is 8.57. The van der Waals surface area contributed by atoms with E-state index in [0.717, 1.165) is 36.0 Å². The molecule has 0 saturated heterocycles. The standard InChI is InChI=1S/C15H24N2O/c1-11(2)15(6-7-15)10-17-9-12-4-5-13(18-3)8-14(12)16/h4-5,8,11,17H,6-7,9-10,16H2,1-3H3. The number of nitrogen functional groups attached to an aromatic ring is 1. The second-order valence-corrected chi connectivity index (χ2v) is 5.69. The fourth-order valence-electron chi connectivity index (χ4n) is 2.43. The summed E-state index contributed by atoms with van der Waals surface area (Å²) >= 11 is 0. The van der Waals surface area contributed by atoms with Gasteiger partial charge in [-0.2, -0.15) is 0 Å². The highest BCUT2D eigenvalue weighted by molar-refractivity contribution is 5.51. The molecule has 3 heteroatoms. The summed E-state index contributed by atoms with van der Waals surface area (Å²) in [5.74, 6) is 1.58. The lowest BCUT2D eigenvalue weighted by atomic mass is 9.92. The van der Waals surface area contributed by atoms with Crippen molar-refractivity contribution in [1.82, 2.24) is 5.32 Å². The molecule has 1 aliphatic carbocycles. The van der Waals surface area contributed by atoms with Crippen molar-refractivity contribution in [2.45, 2.75) is 33.2 Å². The zero-order chi connectivity index (χ0) is 13.2. The molecule has 0 heterocycles. The third-order valence-corrected chi connectivity index (χ3v) is 4.26. The van der Waals surface area contributed by atoms with Gasteiger partial charge in [0.15, 0.2) is 0 Å². The van der Waals surface area contributed by atoms with Gasteiger partial charge in [-0.1, -0.05) is 19.9 Å². The van der Waals surface area contributed by atoms with Gasteiger partial charge in [-0.15, -0.1) is 0 Å². The van der Waals surface area contributed by atoms with Crippen molar-refractivity contribution in [2.24, 2.45) is 11.3 Å². The first-order valence-electron chi connectivity index (χ1n) is 6.70. The molecule has 100 valence electrons. The van der Waals surface area contributed by atoms with Gasteiger partial charge in [0.2, 0.25) is 0 Å². The molecule has 1 aromatic rings. The minimum Gasteiger partial charge on any atom is -0.497 e. The summed E-state index contributed by atoms with van der Waals surface area (Å²) in [4.78, 5) is 0. The van der Waals surface area contributed by atoms with Crippen LogP contribution in [-0.2, 0) is 6.54 Å². The second-order valence-electron chi connectivity index (χ2n) is 5.69. The lowest BCUT2D eigenvalue weighted by Crippen LogP contribution is -2.27. The van der Waals surface area contributed by atoms with E-state index >= 15 is 0 Å². The monoisotopic (exact) mass is 248 g/mol. The van der Waals surface area contributed by atoms with E-state index in [1.807, 2.05) is 18.2 Å². The van der Waals surface area contributed by atoms with Crippen molar-refractivity contribution >= 4 is 5.69 Å². The SMILES string of the molecule is COc1ccc(CNCC2(C(C)C)CC2)c(N)c1. The molecular weight excluding hydrogens is 224 g/mol. The van der Waals surface area contributed by atoms with Crippen molar-refractivity contribution in [1.29, 1.82) is 0 Å². The predicted octanol–water partition coefficient (Wildman–Crippen LogP) is 2.80. The second kappa shape index (κ2) is 5.19. The summed E-state index contributed by atoms with van der Waals surface area (Å²) in [6, 6.07) is 5.88. The van der Waals surface area contributed by atoms with Crippen LogP contribution in [0.5, 0.6) is 5.75 Å². The third-order valence-electron chi connectivity index (χ3n) is 4.26. The summed E-state index contributed by atoms with van der Waals surface area (Å²) in [6.07, 6.45) is 2.71. The zero-order valence-electron chi connectivity index (χ0n) is 11.6. The smallest absolute Gasteiger partial charge is 0.120 e. The van der Waals surface area contributed by atoms with Gasteiger partial charge in [-0.05, 0) is 35.8 Å². The van der Waals surface area contributed by atoms with Crippen molar-refractivity contribution in [3.8, 4) is 5.75 Å². The van der Waals surface area contributed by atoms with Crippen LogP contribution in [-0.4, -0.2) is 13.7 Å². The van der Waals surface area contributed by atoms with Crippen molar-refractivity contribution in [3.05, 3.63) is 23.8 Å². The van der Waals surface area contributed by atoms with Gasteiger partial charge in [0.1, 0.15) is 5.75 Å². The van der Waals surface area contributed by atoms with Gasteiger partial charge >= 0.3 is 0 Å². The van der Waals surface area contributed by atoms with Crippen molar-refractivity contribution in [2.75, 3.05) is 19.4 Å². The van der Waals surface area contributed by atoms with Crippen LogP contribution in [0.4, 0.5) is 5.69 Å². The molecule has 1 fully saturated rings. The summed E-state index contributed by atoms with van der Waals surface area (Å²) < 4.78 is 5.15. The van der Waals surface area contributed by atoms with Gasteiger partial charge in [-0.25, -0.2) is 0 Å². The van der Waals surface area contributed by atoms with Crippen LogP contribution in [0, 0.1) is 11.3 Å². The van der Waals surface area contributed by atoms with Crippen molar-refractivity contribution in [3.63, 3.8) is 0 Å². The van der Waals surface area contributed by atoms with E-state index in [9.17, 15) is 0 Å². The molecule has 1 aromatic carbocycles. The summed E-state index contributed by atoms with van der Waals surface area (Å²) in [5, 5.41) is 3.54. The molecule has 0 aliphatic heterocycles. The van der Waals surface area contributed by atoms with Gasteiger partial charge in [0.25, 0.3) is 0 Å². The number of benzene rings is 1. The summed E-state index contributed by atoms with van der Waals surface area (Å²) in [5.41, 5.74) is 8.50. The average Bonchev–Trinajstić information content (AvgIpc) is 3.12. The zero-order valence-corrected chi connectivity index (χ0v) is 11.6. The van der Waals surface area contributed by atoms with E-state index < -0.39 is 0 Å². The maximum atomic E-state index is 6.00. The van der Waals surface area contributed by atoms with Gasteiger partial charge in [-0.3, -0.25) is 0 Å². The van der Waals surface area contributed by atoms with E-state index in [2.05, 4.69) is 19.2 Å². The minimum atomic E-state index is 0.543. The maximum absolute atomic E-state index is 6.00. The van der Waals surface area contributed by atoms with Crippen LogP contribution < -0.4 is 15.8 Å². The molecule has 0 radical (unpaired) electrons. The van der Waals surface area contributed by atoms with Gasteiger partial charge in [0, 0.05) is 24.8 Å². The van der Waals surface area contributed by atoms with Crippen LogP contribution in [0.25, 0.3) is 0 Å². The van der Waals surface area contributed by atoms with Crippen LogP contribution >= 0.6 is 0 Å². The molecule has 1 saturated carbocycles. The summed E-state index contributed by atoms with van der Waals surface area (Å²) in [6.45, 7) is 6.56. The molecule has 2 rings (SSSR count). The Morgan fingerprint density at radius 1 is 1.39 bits per heavy atom. The van der Waals surface area contributed by atoms with Crippen LogP contribution in [0.3, 0.4) is 0 Å². The number of ether oxygens (including phenoxy) is 1. The highest BCUT2D eigenvalue weighted by Crippen LogP contribution is 2.51. The van der Waals surface area contributed by atoms with E-state index in [4.69, 9.17) is 10.5 Å². The number of nitrogens with one attached hydrogen (secondary N) is 1. The number of rotatable bonds is 6. The Morgan fingerprint density at radius 2 is 2.11 bits per heavy atom. The molecular formula is C15H24N2O. The lowest BCUT2D eigenvalue weighted by Gasteiger charge is -2.20. The largest absolute Gasteiger partial charge is 0.497 e. The predicted molar refractivity (Wildman–Crippen MR) is 75.6 cm³/mol. The minimum absolute atomic E-state index is 0.543. The van der Waals surface area contributed by atoms with Gasteiger partial charge < -0.3 is 15.8 Å². The molecule has 0 unspecified atom stereocenters. The molecule has 1 aliphatic rings. The molecule has 18 heavy (non-hydrogen) atoms. The Labute approximate surface area is 110 Å². The molecule has 0 amide bonds. The molecule has 0 aromatic heterocycles. The Kier molecular flexibility index (Phi) is 3.81. The fourth-order valence-corrected chi connectivity index (χ4v) is 2.43. The molecule has 3 N–H and O–H groups in total. The Bertz CT molecular complexity index is 411. The number of methoxy groups -OCH3 is 1. The summed E-state index contributed by atoms with van der Waals surface area (Å²) in [7, 11) is 1.66. The van der Waals surface area contributed by atoms with E-state index in [1.165, 1.54) is 12.8 Å². The Morgan fingerprint density at radius 3 is 2.61 bits per heavy atom. The van der Waals surface area contributed by atoms with E-state index in [0.29, 0.717) is 5.41 Å². The number of hydrogen-bond donors (Lipinski definition) is 2. The third kappa shape index (κ3) is 2.78. The molecule has 3 nitrogen and oxygen atoms in total. The Hall–Kier alpha value is -1.22. The molecule has 0 spiro atoms. The highest BCUT2D eigenvalue weighted by atomic mass is 16.5. The van der Waals surface area contributed by atoms with Crippen LogP contribution in [0.15, 0.2) is 18.2 Å². The molecule has 0 atom stereocenters. The number of hydrogen-bond acceptors (Lipinski definition) is 3. The quantitative estimate of drug-likeness (QED) is 0.761. The van der Waals surface area contributed by atoms with Crippen molar-refractivity contribution < 1.29 is 4.74 Å². The van der Waals surface area contributed by atoms with Crippen LogP contribution in [0.2, 0.25) is 0 Å². The van der Waals surface area contributed by atoms with Gasteiger partial charge in [0.05, 0.1) is 7.11 Å². The number of anilines is 1.